The summed E-state index contributed by atoms with van der Waals surface area (Å²) < 4.78 is 6.74. The SMILES string of the molecule is CCOC(=O)c1cnn(-c2cccc(-c3cccc4c3C(Nc3ccc(C5CCN(C(=O)C6CC6)CC5)c(CC)c3)CC4)c2)c1N. The average molecular weight is 618 g/mol. The van der Waals surface area contributed by atoms with E-state index in [-0.39, 0.29) is 24.0 Å². The van der Waals surface area contributed by atoms with Crippen LogP contribution < -0.4 is 11.1 Å². The second kappa shape index (κ2) is 12.7. The lowest BCUT2D eigenvalue weighted by Crippen LogP contribution is -2.38. The van der Waals surface area contributed by atoms with Crippen molar-refractivity contribution < 1.29 is 14.3 Å². The molecule has 46 heavy (non-hydrogen) atoms. The zero-order chi connectivity index (χ0) is 31.8. The first-order chi connectivity index (χ1) is 22.4. The predicted molar refractivity (Wildman–Crippen MR) is 181 cm³/mol. The van der Waals surface area contributed by atoms with Gasteiger partial charge in [-0.05, 0) is 115 Å². The first-order valence-electron chi connectivity index (χ1n) is 16.9. The minimum Gasteiger partial charge on any atom is -0.462 e. The minimum atomic E-state index is -0.470. The van der Waals surface area contributed by atoms with E-state index in [2.05, 4.69) is 70.8 Å². The topological polar surface area (TPSA) is 102 Å². The number of ether oxygens (including phenoxy) is 1. The molecule has 1 amide bonds. The molecule has 2 fully saturated rings. The Morgan fingerprint density at radius 3 is 2.54 bits per heavy atom. The molecule has 1 aromatic heterocycles. The summed E-state index contributed by atoms with van der Waals surface area (Å²) in [5, 5.41) is 8.30. The number of nitrogens with two attached hydrogens (primary N) is 1. The number of hydrogen-bond donors (Lipinski definition) is 2. The zero-order valence-corrected chi connectivity index (χ0v) is 26.8. The highest BCUT2D eigenvalue weighted by Gasteiger charge is 2.35. The molecule has 0 radical (unpaired) electrons. The number of likely N-dealkylation sites (tertiary alicyclic amines) is 1. The number of anilines is 2. The molecule has 3 N–H and O–H groups in total. The Bertz CT molecular complexity index is 1770. The van der Waals surface area contributed by atoms with Crippen molar-refractivity contribution in [2.75, 3.05) is 30.7 Å². The number of benzene rings is 3. The van der Waals surface area contributed by atoms with Gasteiger partial charge < -0.3 is 20.7 Å². The first kappa shape index (κ1) is 30.1. The number of rotatable bonds is 9. The van der Waals surface area contributed by atoms with Gasteiger partial charge in [-0.1, -0.05) is 43.3 Å². The summed E-state index contributed by atoms with van der Waals surface area (Å²) in [6.07, 6.45) is 8.74. The van der Waals surface area contributed by atoms with Crippen molar-refractivity contribution >= 4 is 23.4 Å². The number of amides is 1. The molecule has 1 saturated carbocycles. The summed E-state index contributed by atoms with van der Waals surface area (Å²) in [5.41, 5.74) is 16.3. The van der Waals surface area contributed by atoms with Gasteiger partial charge in [0.15, 0.2) is 0 Å². The third kappa shape index (κ3) is 5.77. The Morgan fingerprint density at radius 2 is 1.78 bits per heavy atom. The van der Waals surface area contributed by atoms with E-state index in [0.29, 0.717) is 17.7 Å². The van der Waals surface area contributed by atoms with Gasteiger partial charge in [0.1, 0.15) is 11.4 Å². The van der Waals surface area contributed by atoms with Crippen molar-refractivity contribution in [3.63, 3.8) is 0 Å². The average Bonchev–Trinajstić information content (AvgIpc) is 3.75. The largest absolute Gasteiger partial charge is 0.462 e. The number of nitrogen functional groups attached to an aromatic ring is 1. The van der Waals surface area contributed by atoms with Gasteiger partial charge in [-0.2, -0.15) is 5.10 Å². The number of aryl methyl sites for hydroxylation is 2. The van der Waals surface area contributed by atoms with Gasteiger partial charge in [0.2, 0.25) is 5.91 Å². The molecule has 1 unspecified atom stereocenters. The van der Waals surface area contributed by atoms with E-state index in [4.69, 9.17) is 10.5 Å². The van der Waals surface area contributed by atoms with E-state index >= 15 is 0 Å². The Kier molecular flexibility index (Phi) is 8.28. The molecule has 3 aliphatic rings. The number of carbonyl (C=O) groups is 2. The van der Waals surface area contributed by atoms with E-state index in [1.54, 1.807) is 11.6 Å². The van der Waals surface area contributed by atoms with E-state index in [0.717, 1.165) is 75.0 Å². The van der Waals surface area contributed by atoms with Crippen LogP contribution in [-0.2, 0) is 22.4 Å². The number of nitrogens with one attached hydrogen (secondary N) is 1. The molecule has 8 heteroatoms. The molecule has 8 nitrogen and oxygen atoms in total. The van der Waals surface area contributed by atoms with Crippen molar-refractivity contribution in [3.8, 4) is 16.8 Å². The van der Waals surface area contributed by atoms with Crippen LogP contribution in [0.5, 0.6) is 0 Å². The summed E-state index contributed by atoms with van der Waals surface area (Å²) >= 11 is 0. The Hall–Kier alpha value is -4.59. The van der Waals surface area contributed by atoms with Gasteiger partial charge >= 0.3 is 5.97 Å². The molecule has 238 valence electrons. The van der Waals surface area contributed by atoms with E-state index < -0.39 is 5.97 Å². The fraction of sp³-hybridized carbons (Fsp3) is 0.395. The molecule has 0 bridgehead atoms. The first-order valence-corrected chi connectivity index (χ1v) is 16.9. The lowest BCUT2D eigenvalue weighted by Gasteiger charge is -2.33. The zero-order valence-electron chi connectivity index (χ0n) is 26.8. The predicted octanol–water partition coefficient (Wildman–Crippen LogP) is 7.08. The van der Waals surface area contributed by atoms with Crippen LogP contribution in [0.3, 0.4) is 0 Å². The van der Waals surface area contributed by atoms with Crippen LogP contribution in [0.4, 0.5) is 11.5 Å². The molecular formula is C38H43N5O3. The summed E-state index contributed by atoms with van der Waals surface area (Å²) in [5.74, 6) is 0.989. The second-order valence-corrected chi connectivity index (χ2v) is 12.9. The molecule has 0 spiro atoms. The van der Waals surface area contributed by atoms with Crippen molar-refractivity contribution in [2.45, 2.75) is 70.8 Å². The third-order valence-electron chi connectivity index (χ3n) is 9.99. The van der Waals surface area contributed by atoms with Crippen LogP contribution in [0.25, 0.3) is 16.8 Å². The van der Waals surface area contributed by atoms with Gasteiger partial charge in [0.25, 0.3) is 0 Å². The molecule has 2 aliphatic carbocycles. The number of piperidine rings is 1. The van der Waals surface area contributed by atoms with Gasteiger partial charge in [0.05, 0.1) is 24.5 Å². The molecular weight excluding hydrogens is 574 g/mol. The molecule has 7 rings (SSSR count). The van der Waals surface area contributed by atoms with Gasteiger partial charge in [-0.15, -0.1) is 0 Å². The maximum Gasteiger partial charge on any atom is 0.343 e. The van der Waals surface area contributed by atoms with Gasteiger partial charge in [-0.25, -0.2) is 9.48 Å². The van der Waals surface area contributed by atoms with E-state index in [9.17, 15) is 9.59 Å². The number of fused-ring (bicyclic) bond motifs is 1. The molecule has 4 aromatic rings. The van der Waals surface area contributed by atoms with Crippen LogP contribution in [0.15, 0.2) is 66.9 Å². The Labute approximate surface area is 270 Å². The fourth-order valence-electron chi connectivity index (χ4n) is 7.42. The highest BCUT2D eigenvalue weighted by molar-refractivity contribution is 5.94. The summed E-state index contributed by atoms with van der Waals surface area (Å²) in [7, 11) is 0. The van der Waals surface area contributed by atoms with Crippen LogP contribution in [0, 0.1) is 5.92 Å². The fourth-order valence-corrected chi connectivity index (χ4v) is 7.42. The Balaban J connectivity index is 1.11. The smallest absolute Gasteiger partial charge is 0.343 e. The van der Waals surface area contributed by atoms with Crippen LogP contribution in [0.1, 0.15) is 90.5 Å². The van der Waals surface area contributed by atoms with E-state index in [1.165, 1.54) is 34.0 Å². The van der Waals surface area contributed by atoms with Crippen molar-refractivity contribution in [1.82, 2.24) is 14.7 Å². The van der Waals surface area contributed by atoms with Crippen LogP contribution >= 0.6 is 0 Å². The van der Waals surface area contributed by atoms with Crippen molar-refractivity contribution in [3.05, 3.63) is 94.7 Å². The molecule has 1 atom stereocenters. The Morgan fingerprint density at radius 1 is 0.978 bits per heavy atom. The summed E-state index contributed by atoms with van der Waals surface area (Å²) in [4.78, 5) is 27.0. The highest BCUT2D eigenvalue weighted by Crippen LogP contribution is 2.42. The maximum atomic E-state index is 12.6. The van der Waals surface area contributed by atoms with E-state index in [1.807, 2.05) is 12.1 Å². The molecule has 1 aliphatic heterocycles. The van der Waals surface area contributed by atoms with Crippen LogP contribution in [-0.4, -0.2) is 46.3 Å². The van der Waals surface area contributed by atoms with Gasteiger partial charge in [-0.3, -0.25) is 4.79 Å². The minimum absolute atomic E-state index is 0.187. The molecule has 3 aromatic carbocycles. The molecule has 1 saturated heterocycles. The van der Waals surface area contributed by atoms with Crippen LogP contribution in [0.2, 0.25) is 0 Å². The quantitative estimate of drug-likeness (QED) is 0.195. The number of esters is 1. The normalized spacial score (nSPS) is 18.0. The van der Waals surface area contributed by atoms with Gasteiger partial charge in [0, 0.05) is 24.7 Å². The van der Waals surface area contributed by atoms with Crippen molar-refractivity contribution in [1.29, 1.82) is 0 Å². The third-order valence-corrected chi connectivity index (χ3v) is 9.99. The lowest BCUT2D eigenvalue weighted by molar-refractivity contribution is -0.133. The van der Waals surface area contributed by atoms with Crippen molar-refractivity contribution in [2.24, 2.45) is 5.92 Å². The standard InChI is InChI=1S/C38H43N5O3/c1-3-24-21-29(14-15-31(24)25-17-19-42(20-18-25)37(44)27-11-12-27)41-34-16-13-26-7-6-10-32(35(26)34)28-8-5-9-30(22-28)43-36(39)33(23-40-43)38(45)46-4-2/h5-10,14-15,21-23,25,27,34,41H,3-4,11-13,16-20,39H2,1-2H3. The highest BCUT2D eigenvalue weighted by atomic mass is 16.5. The maximum absolute atomic E-state index is 12.6. The summed E-state index contributed by atoms with van der Waals surface area (Å²) in [6.45, 7) is 6.05. The number of carbonyl (C=O) groups excluding carboxylic acids is 2. The number of hydrogen-bond acceptors (Lipinski definition) is 6. The second-order valence-electron chi connectivity index (χ2n) is 12.9. The monoisotopic (exact) mass is 617 g/mol. The number of nitrogens with zero attached hydrogens (tertiary/aromatic N) is 3. The lowest BCUT2D eigenvalue weighted by atomic mass is 9.85. The summed E-state index contributed by atoms with van der Waals surface area (Å²) in [6, 6.07) is 21.8. The number of aromatic nitrogens is 2. The molecule has 2 heterocycles.